The molecule has 3 N–H and O–H groups in total. The van der Waals surface area contributed by atoms with E-state index in [0.717, 1.165) is 6.07 Å². The number of nitrogens with zero attached hydrogens (tertiary/aromatic N) is 1. The van der Waals surface area contributed by atoms with E-state index in [4.69, 9.17) is 10.5 Å². The molecular formula is C11H12FN3O3. The lowest BCUT2D eigenvalue weighted by atomic mass is 10.2. The number of piperazine rings is 1. The molecule has 0 saturated carbocycles. The summed E-state index contributed by atoms with van der Waals surface area (Å²) in [7, 11) is 1.40. The van der Waals surface area contributed by atoms with Crippen molar-refractivity contribution in [2.75, 3.05) is 30.8 Å². The van der Waals surface area contributed by atoms with Crippen LogP contribution in [-0.4, -0.2) is 32.0 Å². The average Bonchev–Trinajstić information content (AvgIpc) is 2.27. The smallest absolute Gasteiger partial charge is 0.246 e. The van der Waals surface area contributed by atoms with Crippen molar-refractivity contribution < 1.29 is 18.7 Å². The lowest BCUT2D eigenvalue weighted by molar-refractivity contribution is -0.130. The molecule has 1 aliphatic rings. The molecule has 1 fully saturated rings. The van der Waals surface area contributed by atoms with Crippen molar-refractivity contribution in [1.82, 2.24) is 5.32 Å². The van der Waals surface area contributed by atoms with Crippen LogP contribution in [0.3, 0.4) is 0 Å². The van der Waals surface area contributed by atoms with Crippen LogP contribution in [0.5, 0.6) is 5.75 Å². The van der Waals surface area contributed by atoms with Gasteiger partial charge in [-0.05, 0) is 0 Å². The van der Waals surface area contributed by atoms with Crippen molar-refractivity contribution in [1.29, 1.82) is 0 Å². The monoisotopic (exact) mass is 253 g/mol. The molecule has 2 amide bonds. The van der Waals surface area contributed by atoms with E-state index in [1.165, 1.54) is 18.1 Å². The molecular weight excluding hydrogens is 241 g/mol. The summed E-state index contributed by atoms with van der Waals surface area (Å²) in [6.45, 7) is -0.175. The Hall–Kier alpha value is -2.31. The first-order valence-electron chi connectivity index (χ1n) is 5.22. The van der Waals surface area contributed by atoms with Gasteiger partial charge in [-0.3, -0.25) is 14.9 Å². The van der Waals surface area contributed by atoms with Gasteiger partial charge in [-0.15, -0.1) is 0 Å². The molecule has 18 heavy (non-hydrogen) atoms. The lowest BCUT2D eigenvalue weighted by Crippen LogP contribution is -2.51. The quantitative estimate of drug-likeness (QED) is 0.567. The van der Waals surface area contributed by atoms with Crippen molar-refractivity contribution in [3.63, 3.8) is 0 Å². The molecule has 0 bridgehead atoms. The van der Waals surface area contributed by atoms with Crippen molar-refractivity contribution in [3.8, 4) is 5.75 Å². The minimum atomic E-state index is -0.601. The van der Waals surface area contributed by atoms with Crippen LogP contribution in [0.2, 0.25) is 0 Å². The van der Waals surface area contributed by atoms with Gasteiger partial charge in [0.1, 0.15) is 11.6 Å². The molecule has 0 spiro atoms. The summed E-state index contributed by atoms with van der Waals surface area (Å²) in [5.74, 6) is -1.25. The lowest BCUT2D eigenvalue weighted by Gasteiger charge is -2.28. The molecule has 1 aliphatic heterocycles. The summed E-state index contributed by atoms with van der Waals surface area (Å²) in [6.07, 6.45) is 0. The number of benzene rings is 1. The molecule has 96 valence electrons. The van der Waals surface area contributed by atoms with E-state index in [1.807, 2.05) is 0 Å². The first-order chi connectivity index (χ1) is 8.51. The second kappa shape index (κ2) is 4.52. The number of ether oxygens (including phenoxy) is 1. The normalized spacial score (nSPS) is 15.6. The number of nitrogen functional groups attached to an aromatic ring is 1. The molecule has 6 nitrogen and oxygen atoms in total. The van der Waals surface area contributed by atoms with Crippen LogP contribution in [-0.2, 0) is 9.59 Å². The zero-order valence-corrected chi connectivity index (χ0v) is 9.70. The molecule has 0 aromatic heterocycles. The number of methoxy groups -OCH3 is 1. The van der Waals surface area contributed by atoms with Crippen molar-refractivity contribution in [3.05, 3.63) is 17.9 Å². The first-order valence-corrected chi connectivity index (χ1v) is 5.22. The van der Waals surface area contributed by atoms with Crippen molar-refractivity contribution in [2.45, 2.75) is 0 Å². The zero-order valence-electron chi connectivity index (χ0n) is 9.70. The van der Waals surface area contributed by atoms with Crippen LogP contribution in [0.25, 0.3) is 0 Å². The highest BCUT2D eigenvalue weighted by Crippen LogP contribution is 2.30. The van der Waals surface area contributed by atoms with Crippen LogP contribution in [0.4, 0.5) is 15.8 Å². The molecule has 0 aliphatic carbocycles. The van der Waals surface area contributed by atoms with Crippen LogP contribution in [0.15, 0.2) is 12.1 Å². The van der Waals surface area contributed by atoms with E-state index in [9.17, 15) is 14.0 Å². The Kier molecular flexibility index (Phi) is 3.05. The Morgan fingerprint density at radius 3 is 2.50 bits per heavy atom. The number of carbonyl (C=O) groups excluding carboxylic acids is 2. The highest BCUT2D eigenvalue weighted by molar-refractivity contribution is 6.02. The number of anilines is 2. The standard InChI is InChI=1S/C11H12FN3O3/c1-18-9-3-8(6(12)2-7(9)13)15-4-10(16)14-11(17)5-15/h2-3H,4-5,13H2,1H3,(H,14,16,17). The number of nitrogens with two attached hydrogens (primary N) is 1. The molecule has 2 rings (SSSR count). The van der Waals surface area contributed by atoms with Gasteiger partial charge in [-0.2, -0.15) is 0 Å². The van der Waals surface area contributed by atoms with Crippen LogP contribution >= 0.6 is 0 Å². The molecule has 7 heteroatoms. The Bertz CT molecular complexity index is 503. The van der Waals surface area contributed by atoms with E-state index in [2.05, 4.69) is 5.32 Å². The Morgan fingerprint density at radius 1 is 1.33 bits per heavy atom. The van der Waals surface area contributed by atoms with E-state index < -0.39 is 17.6 Å². The van der Waals surface area contributed by atoms with Gasteiger partial charge in [-0.25, -0.2) is 4.39 Å². The number of carbonyl (C=O) groups is 2. The number of amides is 2. The van der Waals surface area contributed by atoms with Gasteiger partial charge in [0.15, 0.2) is 0 Å². The van der Waals surface area contributed by atoms with Gasteiger partial charge >= 0.3 is 0 Å². The minimum absolute atomic E-state index is 0.0876. The highest BCUT2D eigenvalue weighted by Gasteiger charge is 2.25. The average molecular weight is 253 g/mol. The molecule has 1 saturated heterocycles. The summed E-state index contributed by atoms with van der Waals surface area (Å²) < 4.78 is 18.8. The van der Waals surface area contributed by atoms with E-state index in [0.29, 0.717) is 5.75 Å². The molecule has 1 aromatic carbocycles. The maximum Gasteiger partial charge on any atom is 0.246 e. The summed E-state index contributed by atoms with van der Waals surface area (Å²) >= 11 is 0. The second-order valence-electron chi connectivity index (χ2n) is 3.87. The second-order valence-corrected chi connectivity index (χ2v) is 3.87. The van der Waals surface area contributed by atoms with Gasteiger partial charge in [0.2, 0.25) is 11.8 Å². The van der Waals surface area contributed by atoms with Crippen LogP contribution < -0.4 is 20.7 Å². The topological polar surface area (TPSA) is 84.7 Å². The maximum atomic E-state index is 13.8. The third-order valence-corrected chi connectivity index (χ3v) is 2.59. The van der Waals surface area contributed by atoms with E-state index in [1.54, 1.807) is 0 Å². The molecule has 1 heterocycles. The SMILES string of the molecule is COc1cc(N2CC(=O)NC(=O)C2)c(F)cc1N. The first kappa shape index (κ1) is 12.2. The molecule has 0 radical (unpaired) electrons. The maximum absolute atomic E-state index is 13.8. The van der Waals surface area contributed by atoms with Gasteiger partial charge in [0, 0.05) is 12.1 Å². The number of nitrogens with one attached hydrogen (secondary N) is 1. The molecule has 1 aromatic rings. The number of rotatable bonds is 2. The van der Waals surface area contributed by atoms with Gasteiger partial charge in [-0.1, -0.05) is 0 Å². The fourth-order valence-electron chi connectivity index (χ4n) is 1.78. The van der Waals surface area contributed by atoms with Crippen molar-refractivity contribution >= 4 is 23.2 Å². The number of hydrogen-bond donors (Lipinski definition) is 2. The fourth-order valence-corrected chi connectivity index (χ4v) is 1.78. The van der Waals surface area contributed by atoms with E-state index in [-0.39, 0.29) is 24.5 Å². The van der Waals surface area contributed by atoms with Crippen LogP contribution in [0, 0.1) is 5.82 Å². The number of imide groups is 1. The zero-order chi connectivity index (χ0) is 13.3. The van der Waals surface area contributed by atoms with Gasteiger partial charge < -0.3 is 15.4 Å². The third kappa shape index (κ3) is 2.20. The van der Waals surface area contributed by atoms with Gasteiger partial charge in [0.25, 0.3) is 0 Å². The predicted octanol–water partition coefficient (Wildman–Crippen LogP) is -0.121. The van der Waals surface area contributed by atoms with E-state index >= 15 is 0 Å². The van der Waals surface area contributed by atoms with Crippen molar-refractivity contribution in [2.24, 2.45) is 0 Å². The molecule has 0 atom stereocenters. The fraction of sp³-hybridized carbons (Fsp3) is 0.273. The minimum Gasteiger partial charge on any atom is -0.495 e. The predicted molar refractivity (Wildman–Crippen MR) is 62.7 cm³/mol. The summed E-state index contributed by atoms with van der Waals surface area (Å²) in [6, 6.07) is 2.47. The van der Waals surface area contributed by atoms with Crippen LogP contribution in [0.1, 0.15) is 0 Å². The molecule has 0 unspecified atom stereocenters. The third-order valence-electron chi connectivity index (χ3n) is 2.59. The largest absolute Gasteiger partial charge is 0.495 e. The Morgan fingerprint density at radius 2 is 1.94 bits per heavy atom. The summed E-state index contributed by atoms with van der Waals surface area (Å²) in [4.78, 5) is 23.8. The highest BCUT2D eigenvalue weighted by atomic mass is 19.1. The Labute approximate surface area is 103 Å². The summed E-state index contributed by atoms with van der Waals surface area (Å²) in [5.41, 5.74) is 5.83. The summed E-state index contributed by atoms with van der Waals surface area (Å²) in [5, 5.41) is 2.14. The Balaban J connectivity index is 2.38. The number of halogens is 1. The van der Waals surface area contributed by atoms with Gasteiger partial charge in [0.05, 0.1) is 31.6 Å². The number of hydrogen-bond acceptors (Lipinski definition) is 5.